The molecule has 2 aromatic heterocycles. The molecule has 9 nitrogen and oxygen atoms in total. The van der Waals surface area contributed by atoms with Gasteiger partial charge in [-0.2, -0.15) is 0 Å². The van der Waals surface area contributed by atoms with Crippen molar-refractivity contribution in [3.8, 4) is 17.2 Å². The van der Waals surface area contributed by atoms with Crippen LogP contribution in [0.1, 0.15) is 34.7 Å². The minimum atomic E-state index is -1.05. The van der Waals surface area contributed by atoms with Crippen molar-refractivity contribution in [1.82, 2.24) is 9.55 Å². The van der Waals surface area contributed by atoms with Crippen LogP contribution in [0.5, 0.6) is 17.2 Å². The van der Waals surface area contributed by atoms with Crippen LogP contribution in [0.3, 0.4) is 0 Å². The largest absolute Gasteiger partial charge is 0.508 e. The molecule has 9 heteroatoms. The van der Waals surface area contributed by atoms with Crippen LogP contribution in [0.15, 0.2) is 64.2 Å². The van der Waals surface area contributed by atoms with Gasteiger partial charge in [0.15, 0.2) is 0 Å². The lowest BCUT2D eigenvalue weighted by molar-refractivity contribution is -0.140. The molecule has 3 N–H and O–H groups in total. The standard InChI is InChI=1S/C28H28N2O7/c1-16-12-24(32)26(28(35)30(16)11-10-17-4-7-19(31)8-5-17)21(15-25(33)37-3)22-13-18-6-9-20(36-2)14-23(18)29-27(22)34/h4-9,12-14,21,31-32H,10-11,15H2,1-3H3,(H,29,34)/t21-/m1/s1. The molecule has 37 heavy (non-hydrogen) atoms. The van der Waals surface area contributed by atoms with Gasteiger partial charge >= 0.3 is 5.97 Å². The fourth-order valence-corrected chi connectivity index (χ4v) is 4.48. The number of aromatic amines is 1. The molecule has 2 aromatic carbocycles. The first-order valence-corrected chi connectivity index (χ1v) is 11.7. The fourth-order valence-electron chi connectivity index (χ4n) is 4.48. The zero-order valence-electron chi connectivity index (χ0n) is 20.8. The third-order valence-electron chi connectivity index (χ3n) is 6.49. The Labute approximate surface area is 212 Å². The van der Waals surface area contributed by atoms with Crippen LogP contribution in [0.4, 0.5) is 0 Å². The van der Waals surface area contributed by atoms with E-state index in [1.165, 1.54) is 24.9 Å². The summed E-state index contributed by atoms with van der Waals surface area (Å²) in [7, 11) is 2.74. The van der Waals surface area contributed by atoms with Crippen molar-refractivity contribution in [3.05, 3.63) is 97.7 Å². The van der Waals surface area contributed by atoms with E-state index in [0.717, 1.165) is 5.56 Å². The van der Waals surface area contributed by atoms with Crippen molar-refractivity contribution in [2.24, 2.45) is 0 Å². The van der Waals surface area contributed by atoms with E-state index in [2.05, 4.69) is 4.98 Å². The van der Waals surface area contributed by atoms with Crippen molar-refractivity contribution < 1.29 is 24.5 Å². The summed E-state index contributed by atoms with van der Waals surface area (Å²) in [6.45, 7) is 1.99. The van der Waals surface area contributed by atoms with Crippen LogP contribution >= 0.6 is 0 Å². The lowest BCUT2D eigenvalue weighted by Crippen LogP contribution is -2.31. The van der Waals surface area contributed by atoms with Gasteiger partial charge in [-0.05, 0) is 60.7 Å². The van der Waals surface area contributed by atoms with E-state index in [9.17, 15) is 24.6 Å². The smallest absolute Gasteiger partial charge is 0.306 e. The number of aromatic hydroxyl groups is 2. The molecule has 0 unspecified atom stereocenters. The number of benzene rings is 2. The normalized spacial score (nSPS) is 11.9. The summed E-state index contributed by atoms with van der Waals surface area (Å²) in [6.07, 6.45) is 0.177. The number of aromatic nitrogens is 2. The summed E-state index contributed by atoms with van der Waals surface area (Å²) >= 11 is 0. The summed E-state index contributed by atoms with van der Waals surface area (Å²) in [6, 6.07) is 14.9. The number of H-pyrrole nitrogens is 1. The van der Waals surface area contributed by atoms with Gasteiger partial charge in [0, 0.05) is 29.8 Å². The number of carbonyl (C=O) groups is 1. The van der Waals surface area contributed by atoms with Gasteiger partial charge in [0.2, 0.25) is 0 Å². The first-order valence-electron chi connectivity index (χ1n) is 11.7. The van der Waals surface area contributed by atoms with Crippen LogP contribution < -0.4 is 15.9 Å². The van der Waals surface area contributed by atoms with E-state index in [4.69, 9.17) is 9.47 Å². The number of phenolic OH excluding ortho intramolecular Hbond substituents is 1. The number of rotatable bonds is 8. The fraction of sp³-hybridized carbons (Fsp3) is 0.250. The number of hydrogen-bond acceptors (Lipinski definition) is 7. The molecule has 0 aliphatic heterocycles. The molecule has 4 rings (SSSR count). The lowest BCUT2D eigenvalue weighted by atomic mass is 9.88. The molecule has 2 heterocycles. The highest BCUT2D eigenvalue weighted by Crippen LogP contribution is 2.32. The van der Waals surface area contributed by atoms with E-state index in [1.54, 1.807) is 55.5 Å². The molecule has 0 saturated heterocycles. The van der Waals surface area contributed by atoms with Gasteiger partial charge in [0.05, 0.1) is 31.7 Å². The average molecular weight is 505 g/mol. The highest BCUT2D eigenvalue weighted by molar-refractivity contribution is 5.81. The van der Waals surface area contributed by atoms with Crippen molar-refractivity contribution in [2.75, 3.05) is 14.2 Å². The Balaban J connectivity index is 1.83. The van der Waals surface area contributed by atoms with Crippen molar-refractivity contribution >= 4 is 16.9 Å². The molecule has 4 aromatic rings. The van der Waals surface area contributed by atoms with Gasteiger partial charge in [-0.25, -0.2) is 0 Å². The lowest BCUT2D eigenvalue weighted by Gasteiger charge is -2.20. The average Bonchev–Trinajstić information content (AvgIpc) is 2.88. The van der Waals surface area contributed by atoms with Gasteiger partial charge < -0.3 is 29.2 Å². The van der Waals surface area contributed by atoms with Crippen molar-refractivity contribution in [3.63, 3.8) is 0 Å². The molecule has 0 aliphatic rings. The Morgan fingerprint density at radius 1 is 1.03 bits per heavy atom. The molecule has 0 fully saturated rings. The zero-order valence-corrected chi connectivity index (χ0v) is 20.8. The summed E-state index contributed by atoms with van der Waals surface area (Å²) in [5.74, 6) is -1.26. The monoisotopic (exact) mass is 504 g/mol. The van der Waals surface area contributed by atoms with E-state index >= 15 is 0 Å². The van der Waals surface area contributed by atoms with Gasteiger partial charge in [-0.3, -0.25) is 14.4 Å². The van der Waals surface area contributed by atoms with E-state index in [1.807, 2.05) is 0 Å². The molecule has 1 atom stereocenters. The highest BCUT2D eigenvalue weighted by Gasteiger charge is 2.29. The molecule has 192 valence electrons. The molecule has 0 saturated carbocycles. The summed E-state index contributed by atoms with van der Waals surface area (Å²) < 4.78 is 11.6. The number of nitrogens with zero attached hydrogens (tertiary/aromatic N) is 1. The topological polar surface area (TPSA) is 131 Å². The predicted molar refractivity (Wildman–Crippen MR) is 139 cm³/mol. The molecular weight excluding hydrogens is 476 g/mol. The highest BCUT2D eigenvalue weighted by atomic mass is 16.5. The van der Waals surface area contributed by atoms with Crippen molar-refractivity contribution in [2.45, 2.75) is 32.2 Å². The van der Waals surface area contributed by atoms with Crippen LogP contribution in [0.2, 0.25) is 0 Å². The Bertz CT molecular complexity index is 1570. The SMILES string of the molecule is COC(=O)C[C@H](c1cc2ccc(OC)cc2[nH]c1=O)c1c(O)cc(C)n(CCc2ccc(O)cc2)c1=O. The molecular formula is C28H28N2O7. The summed E-state index contributed by atoms with van der Waals surface area (Å²) in [4.78, 5) is 42.1. The molecule has 0 aliphatic carbocycles. The maximum absolute atomic E-state index is 13.7. The number of ether oxygens (including phenoxy) is 2. The number of esters is 1. The Kier molecular flexibility index (Phi) is 7.33. The number of aryl methyl sites for hydroxylation is 2. The summed E-state index contributed by atoms with van der Waals surface area (Å²) in [5, 5.41) is 21.1. The second-order valence-corrected chi connectivity index (χ2v) is 8.80. The predicted octanol–water partition coefficient (Wildman–Crippen LogP) is 3.36. The molecule has 0 radical (unpaired) electrons. The van der Waals surface area contributed by atoms with Crippen LogP contribution in [0.25, 0.3) is 10.9 Å². The minimum Gasteiger partial charge on any atom is -0.508 e. The molecule has 0 amide bonds. The number of methoxy groups -OCH3 is 2. The Morgan fingerprint density at radius 2 is 1.76 bits per heavy atom. The number of pyridine rings is 2. The van der Waals surface area contributed by atoms with Gasteiger partial charge in [0.25, 0.3) is 11.1 Å². The molecule has 0 spiro atoms. The van der Waals surface area contributed by atoms with E-state index in [-0.39, 0.29) is 29.0 Å². The van der Waals surface area contributed by atoms with Gasteiger partial charge in [0.1, 0.15) is 17.2 Å². The number of carbonyl (C=O) groups excluding carboxylic acids is 1. The van der Waals surface area contributed by atoms with Gasteiger partial charge in [-0.15, -0.1) is 0 Å². The number of fused-ring (bicyclic) bond motifs is 1. The number of nitrogens with one attached hydrogen (secondary N) is 1. The Morgan fingerprint density at radius 3 is 2.43 bits per heavy atom. The quantitative estimate of drug-likeness (QED) is 0.314. The maximum atomic E-state index is 13.7. The first-order chi connectivity index (χ1) is 17.7. The summed E-state index contributed by atoms with van der Waals surface area (Å²) in [5.41, 5.74) is 1.07. The van der Waals surface area contributed by atoms with Crippen molar-refractivity contribution in [1.29, 1.82) is 0 Å². The zero-order chi connectivity index (χ0) is 26.7. The number of hydrogen-bond donors (Lipinski definition) is 3. The van der Waals surface area contributed by atoms with Gasteiger partial charge in [-0.1, -0.05) is 12.1 Å². The van der Waals surface area contributed by atoms with Crippen LogP contribution in [-0.4, -0.2) is 40.0 Å². The maximum Gasteiger partial charge on any atom is 0.306 e. The Hall–Kier alpha value is -4.53. The third-order valence-corrected chi connectivity index (χ3v) is 6.49. The van der Waals surface area contributed by atoms with Crippen LogP contribution in [-0.2, 0) is 22.5 Å². The molecule has 0 bridgehead atoms. The second-order valence-electron chi connectivity index (χ2n) is 8.80. The van der Waals surface area contributed by atoms with Crippen LogP contribution in [0, 0.1) is 6.92 Å². The second kappa shape index (κ2) is 10.6. The van der Waals surface area contributed by atoms with E-state index < -0.39 is 23.0 Å². The first kappa shape index (κ1) is 25.6. The van der Waals surface area contributed by atoms with E-state index in [0.29, 0.717) is 35.3 Å². The minimum absolute atomic E-state index is 0.0555. The third kappa shape index (κ3) is 5.35. The number of phenols is 1.